The summed E-state index contributed by atoms with van der Waals surface area (Å²) in [4.78, 5) is 14.6. The van der Waals surface area contributed by atoms with E-state index in [1.807, 2.05) is 18.2 Å². The van der Waals surface area contributed by atoms with Crippen molar-refractivity contribution in [3.8, 4) is 11.5 Å². The van der Waals surface area contributed by atoms with Gasteiger partial charge in [0, 0.05) is 25.2 Å². The van der Waals surface area contributed by atoms with Gasteiger partial charge < -0.3 is 19.7 Å². The SMILES string of the molecule is COc1ccccc1OCC(=O)NC1CCN(C2CC2)CC1. The summed E-state index contributed by atoms with van der Waals surface area (Å²) in [5, 5.41) is 3.08. The predicted molar refractivity (Wildman–Crippen MR) is 84.2 cm³/mol. The van der Waals surface area contributed by atoms with Gasteiger partial charge >= 0.3 is 0 Å². The van der Waals surface area contributed by atoms with Gasteiger partial charge in [0.15, 0.2) is 18.1 Å². The summed E-state index contributed by atoms with van der Waals surface area (Å²) in [7, 11) is 1.59. The van der Waals surface area contributed by atoms with Crippen LogP contribution < -0.4 is 14.8 Å². The molecule has 5 nitrogen and oxygen atoms in total. The van der Waals surface area contributed by atoms with Crippen molar-refractivity contribution in [3.05, 3.63) is 24.3 Å². The molecule has 5 heteroatoms. The maximum absolute atomic E-state index is 12.0. The van der Waals surface area contributed by atoms with Crippen LogP contribution in [-0.2, 0) is 4.79 Å². The van der Waals surface area contributed by atoms with Crippen LogP contribution >= 0.6 is 0 Å². The van der Waals surface area contributed by atoms with Crippen LogP contribution in [0.4, 0.5) is 0 Å². The van der Waals surface area contributed by atoms with Gasteiger partial charge in [-0.05, 0) is 37.8 Å². The van der Waals surface area contributed by atoms with E-state index in [1.54, 1.807) is 13.2 Å². The van der Waals surface area contributed by atoms with Gasteiger partial charge in [0.05, 0.1) is 7.11 Å². The van der Waals surface area contributed by atoms with Crippen molar-refractivity contribution in [2.45, 2.75) is 37.8 Å². The average molecular weight is 304 g/mol. The predicted octanol–water partition coefficient (Wildman–Crippen LogP) is 1.82. The quantitative estimate of drug-likeness (QED) is 0.871. The second kappa shape index (κ2) is 7.01. The van der Waals surface area contributed by atoms with Crippen molar-refractivity contribution < 1.29 is 14.3 Å². The number of nitrogens with zero attached hydrogens (tertiary/aromatic N) is 1. The lowest BCUT2D eigenvalue weighted by molar-refractivity contribution is -0.124. The molecule has 1 aliphatic carbocycles. The Bertz CT molecular complexity index is 508. The summed E-state index contributed by atoms with van der Waals surface area (Å²) in [6.07, 6.45) is 4.78. The third-order valence-corrected chi connectivity index (χ3v) is 4.39. The number of carbonyl (C=O) groups is 1. The molecule has 1 saturated heterocycles. The van der Waals surface area contributed by atoms with E-state index in [9.17, 15) is 4.79 Å². The van der Waals surface area contributed by atoms with E-state index in [1.165, 1.54) is 12.8 Å². The second-order valence-corrected chi connectivity index (χ2v) is 6.05. The van der Waals surface area contributed by atoms with E-state index >= 15 is 0 Å². The first-order valence-corrected chi connectivity index (χ1v) is 8.05. The van der Waals surface area contributed by atoms with E-state index in [4.69, 9.17) is 9.47 Å². The van der Waals surface area contributed by atoms with Gasteiger partial charge in [-0.25, -0.2) is 0 Å². The highest BCUT2D eigenvalue weighted by Crippen LogP contribution is 2.29. The van der Waals surface area contributed by atoms with Crippen LogP contribution in [0.15, 0.2) is 24.3 Å². The van der Waals surface area contributed by atoms with Gasteiger partial charge in [0.25, 0.3) is 5.91 Å². The Morgan fingerprint density at radius 2 is 1.86 bits per heavy atom. The van der Waals surface area contributed by atoms with Gasteiger partial charge in [-0.15, -0.1) is 0 Å². The van der Waals surface area contributed by atoms with Crippen LogP contribution in [0.1, 0.15) is 25.7 Å². The number of hydrogen-bond acceptors (Lipinski definition) is 4. The summed E-state index contributed by atoms with van der Waals surface area (Å²) in [6.45, 7) is 2.23. The number of hydrogen-bond donors (Lipinski definition) is 1. The first-order valence-electron chi connectivity index (χ1n) is 8.05. The molecular weight excluding hydrogens is 280 g/mol. The largest absolute Gasteiger partial charge is 0.493 e. The number of piperidine rings is 1. The molecular formula is C17H24N2O3. The topological polar surface area (TPSA) is 50.8 Å². The molecule has 2 fully saturated rings. The molecule has 0 bridgehead atoms. The van der Waals surface area contributed by atoms with Crippen LogP contribution in [0.3, 0.4) is 0 Å². The van der Waals surface area contributed by atoms with Crippen LogP contribution in [0.5, 0.6) is 11.5 Å². The van der Waals surface area contributed by atoms with Crippen LogP contribution in [0.25, 0.3) is 0 Å². The van der Waals surface area contributed by atoms with Gasteiger partial charge in [-0.3, -0.25) is 4.79 Å². The van der Waals surface area contributed by atoms with Gasteiger partial charge in [0.1, 0.15) is 0 Å². The van der Waals surface area contributed by atoms with Crippen molar-refractivity contribution >= 4 is 5.91 Å². The van der Waals surface area contributed by atoms with Gasteiger partial charge in [-0.2, -0.15) is 0 Å². The summed E-state index contributed by atoms with van der Waals surface area (Å²) in [6, 6.07) is 8.47. The third kappa shape index (κ3) is 3.91. The Labute approximate surface area is 131 Å². The molecule has 0 unspecified atom stereocenters. The molecule has 1 saturated carbocycles. The van der Waals surface area contributed by atoms with Crippen molar-refractivity contribution in [2.24, 2.45) is 0 Å². The number of nitrogens with one attached hydrogen (secondary N) is 1. The smallest absolute Gasteiger partial charge is 0.258 e. The summed E-state index contributed by atoms with van der Waals surface area (Å²) in [5.74, 6) is 1.19. The molecule has 1 aromatic rings. The minimum Gasteiger partial charge on any atom is -0.493 e. The molecule has 1 aliphatic heterocycles. The molecule has 2 aliphatic rings. The normalized spacial score (nSPS) is 19.7. The molecule has 1 aromatic carbocycles. The standard InChI is InChI=1S/C17H24N2O3/c1-21-15-4-2-3-5-16(15)22-12-17(20)18-13-8-10-19(11-9-13)14-6-7-14/h2-5,13-14H,6-12H2,1H3,(H,18,20). The number of benzene rings is 1. The van der Waals surface area contributed by atoms with Gasteiger partial charge in [-0.1, -0.05) is 12.1 Å². The van der Waals surface area contributed by atoms with Crippen LogP contribution in [0, 0.1) is 0 Å². The fourth-order valence-corrected chi connectivity index (χ4v) is 3.00. The van der Waals surface area contributed by atoms with Crippen LogP contribution in [0.2, 0.25) is 0 Å². The second-order valence-electron chi connectivity index (χ2n) is 6.05. The van der Waals surface area contributed by atoms with Crippen molar-refractivity contribution in [2.75, 3.05) is 26.8 Å². The third-order valence-electron chi connectivity index (χ3n) is 4.39. The first-order chi connectivity index (χ1) is 10.8. The van der Waals surface area contributed by atoms with Crippen molar-refractivity contribution in [1.29, 1.82) is 0 Å². The number of amides is 1. The van der Waals surface area contributed by atoms with Crippen LogP contribution in [-0.4, -0.2) is 49.7 Å². The number of methoxy groups -OCH3 is 1. The highest BCUT2D eigenvalue weighted by molar-refractivity contribution is 5.77. The van der Waals surface area contributed by atoms with Gasteiger partial charge in [0.2, 0.25) is 0 Å². The molecule has 0 atom stereocenters. The molecule has 0 radical (unpaired) electrons. The Kier molecular flexibility index (Phi) is 4.83. The summed E-state index contributed by atoms with van der Waals surface area (Å²) in [5.41, 5.74) is 0. The zero-order valence-corrected chi connectivity index (χ0v) is 13.1. The molecule has 0 spiro atoms. The minimum absolute atomic E-state index is 0.0310. The fourth-order valence-electron chi connectivity index (χ4n) is 3.00. The highest BCUT2D eigenvalue weighted by Gasteiger charge is 2.32. The zero-order chi connectivity index (χ0) is 15.4. The van der Waals surface area contributed by atoms with E-state index in [2.05, 4.69) is 10.2 Å². The lowest BCUT2D eigenvalue weighted by Crippen LogP contribution is -2.46. The summed E-state index contributed by atoms with van der Waals surface area (Å²) >= 11 is 0. The number of rotatable bonds is 6. The number of likely N-dealkylation sites (tertiary alicyclic amines) is 1. The number of ether oxygens (including phenoxy) is 2. The Morgan fingerprint density at radius 3 is 2.50 bits per heavy atom. The Balaban J connectivity index is 1.41. The monoisotopic (exact) mass is 304 g/mol. The molecule has 22 heavy (non-hydrogen) atoms. The number of para-hydroxylation sites is 2. The van der Waals surface area contributed by atoms with E-state index in [0.717, 1.165) is 32.0 Å². The fraction of sp³-hybridized carbons (Fsp3) is 0.588. The highest BCUT2D eigenvalue weighted by atomic mass is 16.5. The lowest BCUT2D eigenvalue weighted by atomic mass is 10.0. The molecule has 1 heterocycles. The first kappa shape index (κ1) is 15.2. The molecule has 0 aromatic heterocycles. The summed E-state index contributed by atoms with van der Waals surface area (Å²) < 4.78 is 10.8. The van der Waals surface area contributed by atoms with Crippen molar-refractivity contribution in [3.63, 3.8) is 0 Å². The average Bonchev–Trinajstić information content (AvgIpc) is 3.39. The lowest BCUT2D eigenvalue weighted by Gasteiger charge is -2.32. The molecule has 3 rings (SSSR count). The number of carbonyl (C=O) groups excluding carboxylic acids is 1. The van der Waals surface area contributed by atoms with E-state index < -0.39 is 0 Å². The maximum Gasteiger partial charge on any atom is 0.258 e. The van der Waals surface area contributed by atoms with E-state index in [-0.39, 0.29) is 18.6 Å². The Hall–Kier alpha value is -1.75. The van der Waals surface area contributed by atoms with E-state index in [0.29, 0.717) is 11.5 Å². The molecule has 1 N–H and O–H groups in total. The zero-order valence-electron chi connectivity index (χ0n) is 13.1. The van der Waals surface area contributed by atoms with Crippen molar-refractivity contribution in [1.82, 2.24) is 10.2 Å². The minimum atomic E-state index is -0.0595. The maximum atomic E-state index is 12.0. The Morgan fingerprint density at radius 1 is 1.18 bits per heavy atom. The molecule has 120 valence electrons. The molecule has 1 amide bonds.